The second kappa shape index (κ2) is 6.59. The quantitative estimate of drug-likeness (QED) is 0.734. The van der Waals surface area contributed by atoms with Crippen LogP contribution in [0.25, 0.3) is 0 Å². The van der Waals surface area contributed by atoms with Crippen molar-refractivity contribution in [3.8, 4) is 0 Å². The molecular weight excluding hydrogens is 218 g/mol. The Morgan fingerprint density at radius 2 is 2.12 bits per heavy atom. The van der Waals surface area contributed by atoms with E-state index in [0.717, 1.165) is 19.3 Å². The molecule has 1 rings (SSSR count). The number of hydrogen-bond donors (Lipinski definition) is 2. The van der Waals surface area contributed by atoms with Crippen molar-refractivity contribution in [1.82, 2.24) is 15.5 Å². The van der Waals surface area contributed by atoms with Crippen LogP contribution in [0.2, 0.25) is 0 Å². The van der Waals surface area contributed by atoms with Gasteiger partial charge in [0, 0.05) is 19.6 Å². The average Bonchev–Trinajstić information content (AvgIpc) is 2.34. The van der Waals surface area contributed by atoms with E-state index < -0.39 is 0 Å². The first-order valence-corrected chi connectivity index (χ1v) is 6.32. The maximum Gasteiger partial charge on any atom is 0.241 e. The van der Waals surface area contributed by atoms with Gasteiger partial charge in [0.2, 0.25) is 11.8 Å². The van der Waals surface area contributed by atoms with Gasteiger partial charge in [-0.3, -0.25) is 9.59 Å². The molecule has 1 aliphatic rings. The number of amides is 2. The number of likely N-dealkylation sites (N-methyl/N-ethyl adjacent to an activating group) is 1. The summed E-state index contributed by atoms with van der Waals surface area (Å²) in [6.07, 6.45) is 3.03. The van der Waals surface area contributed by atoms with Crippen LogP contribution in [-0.4, -0.2) is 48.9 Å². The first kappa shape index (κ1) is 14.0. The third-order valence-corrected chi connectivity index (χ3v) is 3.25. The molecule has 1 aliphatic heterocycles. The van der Waals surface area contributed by atoms with E-state index in [1.54, 1.807) is 11.9 Å². The van der Waals surface area contributed by atoms with E-state index in [2.05, 4.69) is 17.6 Å². The molecule has 5 heteroatoms. The maximum atomic E-state index is 11.8. The van der Waals surface area contributed by atoms with Gasteiger partial charge in [-0.05, 0) is 33.1 Å². The standard InChI is InChI=1S/C12H23N3O2/c1-4-15(3)11(16)8-13-12(17)10-7-5-6-9(2)14-10/h9-10,14H,4-8H2,1-3H3,(H,13,17). The van der Waals surface area contributed by atoms with Crippen LogP contribution in [-0.2, 0) is 9.59 Å². The predicted octanol–water partition coefficient (Wildman–Crippen LogP) is 0.112. The van der Waals surface area contributed by atoms with Gasteiger partial charge in [0.1, 0.15) is 0 Å². The van der Waals surface area contributed by atoms with Crippen molar-refractivity contribution in [2.75, 3.05) is 20.1 Å². The van der Waals surface area contributed by atoms with Gasteiger partial charge >= 0.3 is 0 Å². The zero-order chi connectivity index (χ0) is 12.8. The molecule has 17 heavy (non-hydrogen) atoms. The van der Waals surface area contributed by atoms with Crippen molar-refractivity contribution in [2.45, 2.75) is 45.2 Å². The Kier molecular flexibility index (Phi) is 5.41. The summed E-state index contributed by atoms with van der Waals surface area (Å²) in [5.74, 6) is -0.112. The summed E-state index contributed by atoms with van der Waals surface area (Å²) in [5.41, 5.74) is 0. The molecule has 2 atom stereocenters. The highest BCUT2D eigenvalue weighted by molar-refractivity contribution is 5.87. The lowest BCUT2D eigenvalue weighted by molar-refractivity contribution is -0.132. The first-order valence-electron chi connectivity index (χ1n) is 6.32. The SMILES string of the molecule is CCN(C)C(=O)CNC(=O)C1CCCC(C)N1. The normalized spacial score (nSPS) is 24.2. The highest BCUT2D eigenvalue weighted by Gasteiger charge is 2.24. The molecule has 0 spiro atoms. The van der Waals surface area contributed by atoms with Gasteiger partial charge in [-0.1, -0.05) is 0 Å². The van der Waals surface area contributed by atoms with Gasteiger partial charge in [-0.25, -0.2) is 0 Å². The smallest absolute Gasteiger partial charge is 0.241 e. The van der Waals surface area contributed by atoms with Crippen LogP contribution in [0.15, 0.2) is 0 Å². The van der Waals surface area contributed by atoms with Crippen molar-refractivity contribution in [1.29, 1.82) is 0 Å². The molecule has 0 aromatic carbocycles. The Hall–Kier alpha value is -1.10. The number of nitrogens with one attached hydrogen (secondary N) is 2. The molecule has 1 saturated heterocycles. The minimum Gasteiger partial charge on any atom is -0.346 e. The Morgan fingerprint density at radius 1 is 1.41 bits per heavy atom. The molecule has 0 aromatic heterocycles. The lowest BCUT2D eigenvalue weighted by Crippen LogP contribution is -2.51. The topological polar surface area (TPSA) is 61.4 Å². The molecule has 5 nitrogen and oxygen atoms in total. The van der Waals surface area contributed by atoms with Crippen molar-refractivity contribution in [2.24, 2.45) is 0 Å². The largest absolute Gasteiger partial charge is 0.346 e. The third kappa shape index (κ3) is 4.34. The maximum absolute atomic E-state index is 11.8. The van der Waals surface area contributed by atoms with E-state index in [4.69, 9.17) is 0 Å². The fourth-order valence-electron chi connectivity index (χ4n) is 1.94. The molecule has 2 amide bonds. The molecule has 0 aromatic rings. The van der Waals surface area contributed by atoms with Crippen LogP contribution in [0.1, 0.15) is 33.1 Å². The van der Waals surface area contributed by atoms with Crippen LogP contribution >= 0.6 is 0 Å². The van der Waals surface area contributed by atoms with Gasteiger partial charge in [-0.15, -0.1) is 0 Å². The van der Waals surface area contributed by atoms with E-state index >= 15 is 0 Å². The van der Waals surface area contributed by atoms with Gasteiger partial charge in [0.05, 0.1) is 12.6 Å². The fourth-order valence-corrected chi connectivity index (χ4v) is 1.94. The molecular formula is C12H23N3O2. The molecule has 0 bridgehead atoms. The lowest BCUT2D eigenvalue weighted by Gasteiger charge is -2.28. The summed E-state index contributed by atoms with van der Waals surface area (Å²) >= 11 is 0. The van der Waals surface area contributed by atoms with Gasteiger partial charge in [-0.2, -0.15) is 0 Å². The van der Waals surface area contributed by atoms with Crippen LogP contribution in [0.4, 0.5) is 0 Å². The summed E-state index contributed by atoms with van der Waals surface area (Å²) in [5, 5.41) is 5.94. The molecule has 0 radical (unpaired) electrons. The molecule has 2 N–H and O–H groups in total. The average molecular weight is 241 g/mol. The third-order valence-electron chi connectivity index (χ3n) is 3.25. The second-order valence-corrected chi connectivity index (χ2v) is 4.68. The van der Waals surface area contributed by atoms with Crippen molar-refractivity contribution in [3.63, 3.8) is 0 Å². The summed E-state index contributed by atoms with van der Waals surface area (Å²) in [6.45, 7) is 4.74. The van der Waals surface area contributed by atoms with Gasteiger partial charge in [0.25, 0.3) is 0 Å². The summed E-state index contributed by atoms with van der Waals surface area (Å²) in [7, 11) is 1.73. The highest BCUT2D eigenvalue weighted by atomic mass is 16.2. The number of nitrogens with zero attached hydrogens (tertiary/aromatic N) is 1. The zero-order valence-electron chi connectivity index (χ0n) is 11.0. The minimum absolute atomic E-state index is 0.0512. The van der Waals surface area contributed by atoms with Crippen LogP contribution in [0.5, 0.6) is 0 Å². The zero-order valence-corrected chi connectivity index (χ0v) is 11.0. The number of carbonyl (C=O) groups excluding carboxylic acids is 2. The Morgan fingerprint density at radius 3 is 2.71 bits per heavy atom. The summed E-state index contributed by atoms with van der Waals surface area (Å²) in [4.78, 5) is 24.9. The molecule has 0 saturated carbocycles. The van der Waals surface area contributed by atoms with Gasteiger partial charge in [0.15, 0.2) is 0 Å². The van der Waals surface area contributed by atoms with Crippen molar-refractivity contribution >= 4 is 11.8 Å². The van der Waals surface area contributed by atoms with E-state index in [1.807, 2.05) is 6.92 Å². The summed E-state index contributed by atoms with van der Waals surface area (Å²) < 4.78 is 0. The van der Waals surface area contributed by atoms with E-state index in [9.17, 15) is 9.59 Å². The van der Waals surface area contributed by atoms with Crippen LogP contribution < -0.4 is 10.6 Å². The molecule has 1 fully saturated rings. The molecule has 98 valence electrons. The monoisotopic (exact) mass is 241 g/mol. The van der Waals surface area contributed by atoms with E-state index in [1.165, 1.54) is 0 Å². The van der Waals surface area contributed by atoms with Crippen LogP contribution in [0, 0.1) is 0 Å². The number of carbonyl (C=O) groups is 2. The number of piperidine rings is 1. The van der Waals surface area contributed by atoms with Crippen molar-refractivity contribution in [3.05, 3.63) is 0 Å². The molecule has 0 aliphatic carbocycles. The fraction of sp³-hybridized carbons (Fsp3) is 0.833. The predicted molar refractivity (Wildman–Crippen MR) is 66.6 cm³/mol. The lowest BCUT2D eigenvalue weighted by atomic mass is 9.99. The Balaban J connectivity index is 2.31. The number of hydrogen-bond acceptors (Lipinski definition) is 3. The minimum atomic E-state index is -0.140. The van der Waals surface area contributed by atoms with E-state index in [-0.39, 0.29) is 24.4 Å². The first-order chi connectivity index (χ1) is 8.04. The van der Waals surface area contributed by atoms with E-state index in [0.29, 0.717) is 12.6 Å². The second-order valence-electron chi connectivity index (χ2n) is 4.68. The number of rotatable bonds is 4. The van der Waals surface area contributed by atoms with Crippen molar-refractivity contribution < 1.29 is 9.59 Å². The molecule has 2 unspecified atom stereocenters. The molecule has 1 heterocycles. The Bertz CT molecular complexity index is 281. The van der Waals surface area contributed by atoms with Gasteiger partial charge < -0.3 is 15.5 Å². The summed E-state index contributed by atoms with van der Waals surface area (Å²) in [6, 6.07) is 0.243. The highest BCUT2D eigenvalue weighted by Crippen LogP contribution is 2.12. The van der Waals surface area contributed by atoms with Crippen LogP contribution in [0.3, 0.4) is 0 Å². The Labute approximate surface area is 103 Å².